The highest BCUT2D eigenvalue weighted by atomic mass is 16.1. The van der Waals surface area contributed by atoms with E-state index in [9.17, 15) is 4.79 Å². The number of rotatable bonds is 6. The van der Waals surface area contributed by atoms with Crippen LogP contribution in [-0.4, -0.2) is 24.5 Å². The first-order valence-corrected chi connectivity index (χ1v) is 7.17. The Morgan fingerprint density at radius 2 is 2.00 bits per heavy atom. The number of benzene rings is 1. The molecule has 2 N–H and O–H groups in total. The minimum Gasteiger partial charge on any atom is -0.386 e. The van der Waals surface area contributed by atoms with E-state index in [-0.39, 0.29) is 5.91 Å². The van der Waals surface area contributed by atoms with Crippen LogP contribution < -0.4 is 10.6 Å². The SMILES string of the molecule is CNc1cnccc1C(=O)NCCC(C)c1ccccc1. The van der Waals surface area contributed by atoms with Crippen LogP contribution in [0.2, 0.25) is 0 Å². The van der Waals surface area contributed by atoms with E-state index in [1.807, 2.05) is 18.2 Å². The molecule has 0 saturated heterocycles. The average Bonchev–Trinajstić information content (AvgIpc) is 2.55. The van der Waals surface area contributed by atoms with Gasteiger partial charge in [-0.3, -0.25) is 9.78 Å². The molecule has 0 radical (unpaired) electrons. The maximum atomic E-state index is 12.2. The summed E-state index contributed by atoms with van der Waals surface area (Å²) in [5, 5.41) is 5.95. The van der Waals surface area contributed by atoms with E-state index in [1.54, 1.807) is 25.5 Å². The fourth-order valence-electron chi connectivity index (χ4n) is 2.24. The Kier molecular flexibility index (Phi) is 5.32. The van der Waals surface area contributed by atoms with Gasteiger partial charge in [0.2, 0.25) is 0 Å². The molecule has 2 aromatic rings. The molecule has 1 aromatic carbocycles. The lowest BCUT2D eigenvalue weighted by atomic mass is 9.98. The normalized spacial score (nSPS) is 11.7. The van der Waals surface area contributed by atoms with Crippen LogP contribution in [0, 0.1) is 0 Å². The molecule has 1 unspecified atom stereocenters. The van der Waals surface area contributed by atoms with E-state index in [4.69, 9.17) is 0 Å². The second-order valence-electron chi connectivity index (χ2n) is 5.03. The van der Waals surface area contributed by atoms with Gasteiger partial charge in [0, 0.05) is 19.8 Å². The summed E-state index contributed by atoms with van der Waals surface area (Å²) in [6, 6.07) is 12.1. The smallest absolute Gasteiger partial charge is 0.253 e. The molecule has 1 heterocycles. The molecule has 1 aromatic heterocycles. The quantitative estimate of drug-likeness (QED) is 0.856. The largest absolute Gasteiger partial charge is 0.386 e. The van der Waals surface area contributed by atoms with Crippen molar-refractivity contribution < 1.29 is 4.79 Å². The van der Waals surface area contributed by atoms with Crippen LogP contribution in [0.4, 0.5) is 5.69 Å². The first-order chi connectivity index (χ1) is 10.2. The van der Waals surface area contributed by atoms with Gasteiger partial charge in [0.05, 0.1) is 17.4 Å². The van der Waals surface area contributed by atoms with Gasteiger partial charge in [-0.2, -0.15) is 0 Å². The summed E-state index contributed by atoms with van der Waals surface area (Å²) in [4.78, 5) is 16.2. The number of aromatic nitrogens is 1. The van der Waals surface area contributed by atoms with Crippen LogP contribution >= 0.6 is 0 Å². The summed E-state index contributed by atoms with van der Waals surface area (Å²) in [6.07, 6.45) is 4.19. The van der Waals surface area contributed by atoms with E-state index in [2.05, 4.69) is 34.7 Å². The lowest BCUT2D eigenvalue weighted by Crippen LogP contribution is -2.26. The van der Waals surface area contributed by atoms with Crippen LogP contribution in [0.1, 0.15) is 35.2 Å². The van der Waals surface area contributed by atoms with Crippen LogP contribution in [-0.2, 0) is 0 Å². The van der Waals surface area contributed by atoms with E-state index in [1.165, 1.54) is 5.56 Å². The van der Waals surface area contributed by atoms with Gasteiger partial charge in [0.25, 0.3) is 5.91 Å². The van der Waals surface area contributed by atoms with Gasteiger partial charge in [-0.1, -0.05) is 37.3 Å². The maximum absolute atomic E-state index is 12.2. The summed E-state index contributed by atoms with van der Waals surface area (Å²) >= 11 is 0. The second-order valence-corrected chi connectivity index (χ2v) is 5.03. The Bertz CT molecular complexity index is 584. The fraction of sp³-hybridized carbons (Fsp3) is 0.294. The highest BCUT2D eigenvalue weighted by molar-refractivity contribution is 5.99. The average molecular weight is 283 g/mol. The molecule has 1 amide bonds. The topological polar surface area (TPSA) is 54.0 Å². The molecule has 2 rings (SSSR count). The molecular formula is C17H21N3O. The second kappa shape index (κ2) is 7.43. The zero-order valence-corrected chi connectivity index (χ0v) is 12.5. The van der Waals surface area contributed by atoms with Crippen molar-refractivity contribution in [3.8, 4) is 0 Å². The molecule has 1 atom stereocenters. The van der Waals surface area contributed by atoms with Crippen molar-refractivity contribution in [2.24, 2.45) is 0 Å². The Labute approximate surface area is 125 Å². The lowest BCUT2D eigenvalue weighted by molar-refractivity contribution is 0.0953. The number of carbonyl (C=O) groups excluding carboxylic acids is 1. The summed E-state index contributed by atoms with van der Waals surface area (Å²) in [5.74, 6) is 0.356. The van der Waals surface area contributed by atoms with Crippen LogP contribution in [0.25, 0.3) is 0 Å². The number of nitrogens with one attached hydrogen (secondary N) is 2. The monoisotopic (exact) mass is 283 g/mol. The molecule has 0 aliphatic rings. The van der Waals surface area contributed by atoms with Crippen molar-refractivity contribution in [1.82, 2.24) is 10.3 Å². The van der Waals surface area contributed by atoms with Gasteiger partial charge in [0.15, 0.2) is 0 Å². The third-order valence-corrected chi connectivity index (χ3v) is 3.57. The minimum absolute atomic E-state index is 0.0676. The summed E-state index contributed by atoms with van der Waals surface area (Å²) < 4.78 is 0. The van der Waals surface area contributed by atoms with Crippen LogP contribution in [0.5, 0.6) is 0 Å². The molecule has 4 nitrogen and oxygen atoms in total. The predicted octanol–water partition coefficient (Wildman–Crippen LogP) is 3.05. The zero-order valence-electron chi connectivity index (χ0n) is 12.5. The number of hydrogen-bond donors (Lipinski definition) is 2. The molecule has 0 aliphatic heterocycles. The molecule has 21 heavy (non-hydrogen) atoms. The standard InChI is InChI=1S/C17H21N3O/c1-13(14-6-4-3-5-7-14)8-11-20-17(21)15-9-10-19-12-16(15)18-2/h3-7,9-10,12-13,18H,8,11H2,1-2H3,(H,20,21). The lowest BCUT2D eigenvalue weighted by Gasteiger charge is -2.13. The third kappa shape index (κ3) is 4.05. The Morgan fingerprint density at radius 1 is 1.24 bits per heavy atom. The highest BCUT2D eigenvalue weighted by Gasteiger charge is 2.11. The molecule has 0 aliphatic carbocycles. The summed E-state index contributed by atoms with van der Waals surface area (Å²) in [6.45, 7) is 2.83. The number of nitrogens with zero attached hydrogens (tertiary/aromatic N) is 1. The minimum atomic E-state index is -0.0676. The van der Waals surface area contributed by atoms with Gasteiger partial charge in [-0.25, -0.2) is 0 Å². The molecule has 0 saturated carbocycles. The van der Waals surface area contributed by atoms with E-state index in [0.29, 0.717) is 18.0 Å². The van der Waals surface area contributed by atoms with E-state index >= 15 is 0 Å². The van der Waals surface area contributed by atoms with Gasteiger partial charge in [0.1, 0.15) is 0 Å². The molecule has 4 heteroatoms. The van der Waals surface area contributed by atoms with E-state index < -0.39 is 0 Å². The van der Waals surface area contributed by atoms with Gasteiger partial charge in [-0.05, 0) is 24.0 Å². The molecule has 0 spiro atoms. The summed E-state index contributed by atoms with van der Waals surface area (Å²) in [7, 11) is 1.78. The van der Waals surface area contributed by atoms with Gasteiger partial charge in [-0.15, -0.1) is 0 Å². The fourth-order valence-corrected chi connectivity index (χ4v) is 2.24. The molecule has 110 valence electrons. The Hall–Kier alpha value is -2.36. The van der Waals surface area contributed by atoms with Crippen molar-refractivity contribution in [1.29, 1.82) is 0 Å². The first-order valence-electron chi connectivity index (χ1n) is 7.17. The highest BCUT2D eigenvalue weighted by Crippen LogP contribution is 2.18. The molecule has 0 fully saturated rings. The number of amides is 1. The number of hydrogen-bond acceptors (Lipinski definition) is 3. The van der Waals surface area contributed by atoms with Crippen molar-refractivity contribution in [3.05, 3.63) is 59.9 Å². The van der Waals surface area contributed by atoms with Crippen molar-refractivity contribution in [2.45, 2.75) is 19.3 Å². The first kappa shape index (κ1) is 15.0. The number of pyridine rings is 1. The van der Waals surface area contributed by atoms with Gasteiger partial charge >= 0.3 is 0 Å². The third-order valence-electron chi connectivity index (χ3n) is 3.57. The molecule has 0 bridgehead atoms. The van der Waals surface area contributed by atoms with Crippen LogP contribution in [0.15, 0.2) is 48.8 Å². The van der Waals surface area contributed by atoms with Gasteiger partial charge < -0.3 is 10.6 Å². The van der Waals surface area contributed by atoms with Crippen molar-refractivity contribution in [2.75, 3.05) is 18.9 Å². The maximum Gasteiger partial charge on any atom is 0.253 e. The number of carbonyl (C=O) groups is 1. The Balaban J connectivity index is 1.87. The van der Waals surface area contributed by atoms with Crippen molar-refractivity contribution >= 4 is 11.6 Å². The van der Waals surface area contributed by atoms with E-state index in [0.717, 1.165) is 12.1 Å². The number of anilines is 1. The van der Waals surface area contributed by atoms with Crippen molar-refractivity contribution in [3.63, 3.8) is 0 Å². The molecular weight excluding hydrogens is 262 g/mol. The summed E-state index contributed by atoms with van der Waals surface area (Å²) in [5.41, 5.74) is 2.66. The Morgan fingerprint density at radius 3 is 2.71 bits per heavy atom. The zero-order chi connectivity index (χ0) is 15.1. The van der Waals surface area contributed by atoms with Crippen LogP contribution in [0.3, 0.4) is 0 Å². The predicted molar refractivity (Wildman–Crippen MR) is 85.6 cm³/mol.